The number of hydrogen-bond acceptors (Lipinski definition) is 9. The second-order valence-corrected chi connectivity index (χ2v) is 12.4. The molecule has 12 nitrogen and oxygen atoms in total. The van der Waals surface area contributed by atoms with Gasteiger partial charge in [-0.05, 0) is 83.0 Å². The number of rotatable bonds is 11. The first kappa shape index (κ1) is 27.8. The van der Waals surface area contributed by atoms with Crippen molar-refractivity contribution in [1.29, 1.82) is 0 Å². The zero-order valence-corrected chi connectivity index (χ0v) is 24.0. The number of piperidine rings is 1. The summed E-state index contributed by atoms with van der Waals surface area (Å²) in [4.78, 5) is 44.3. The van der Waals surface area contributed by atoms with E-state index in [1.54, 1.807) is 25.9 Å². The Kier molecular flexibility index (Phi) is 7.31. The number of fused-ring (bicyclic) bond motifs is 1. The second kappa shape index (κ2) is 10.8. The molecule has 0 bridgehead atoms. The Morgan fingerprint density at radius 3 is 2.71 bits per heavy atom. The van der Waals surface area contributed by atoms with Gasteiger partial charge in [0.15, 0.2) is 11.4 Å². The number of ketones is 1. The van der Waals surface area contributed by atoms with Crippen LogP contribution in [-0.4, -0.2) is 83.2 Å². The van der Waals surface area contributed by atoms with Crippen LogP contribution in [-0.2, 0) is 24.5 Å². The fraction of sp³-hybridized carbons (Fsp3) is 0.655. The maximum atomic E-state index is 14.1. The van der Waals surface area contributed by atoms with Crippen molar-refractivity contribution in [3.05, 3.63) is 24.0 Å². The van der Waals surface area contributed by atoms with Crippen LogP contribution in [0.1, 0.15) is 64.6 Å². The molecule has 2 amide bonds. The number of nitrogens with one attached hydrogen (secondary N) is 2. The molecule has 220 valence electrons. The number of amides is 2. The molecule has 0 spiro atoms. The number of methoxy groups -OCH3 is 1. The summed E-state index contributed by atoms with van der Waals surface area (Å²) >= 11 is 0. The van der Waals surface area contributed by atoms with E-state index in [4.69, 9.17) is 9.47 Å². The van der Waals surface area contributed by atoms with E-state index in [1.807, 2.05) is 23.1 Å². The Hall–Kier alpha value is -3.38. The molecule has 1 saturated heterocycles. The van der Waals surface area contributed by atoms with Crippen LogP contribution in [0.25, 0.3) is 0 Å². The van der Waals surface area contributed by atoms with Gasteiger partial charge in [0.2, 0.25) is 5.91 Å². The van der Waals surface area contributed by atoms with Crippen LogP contribution in [0, 0.1) is 11.8 Å². The number of carbonyl (C=O) groups is 3. The first-order valence-corrected chi connectivity index (χ1v) is 14.7. The number of ether oxygens (including phenoxy) is 2. The quantitative estimate of drug-likeness (QED) is 0.392. The molecule has 0 radical (unpaired) electrons. The summed E-state index contributed by atoms with van der Waals surface area (Å²) in [7, 11) is 1.65. The minimum Gasteiger partial charge on any atom is -0.476 e. The van der Waals surface area contributed by atoms with Crippen molar-refractivity contribution < 1.29 is 23.9 Å². The monoisotopic (exact) mass is 565 g/mol. The largest absolute Gasteiger partial charge is 0.476 e. The number of benzene rings is 1. The Bertz CT molecular complexity index is 1300. The van der Waals surface area contributed by atoms with Crippen LogP contribution >= 0.6 is 0 Å². The molecule has 4 aliphatic rings. The van der Waals surface area contributed by atoms with Crippen molar-refractivity contribution >= 4 is 29.0 Å². The summed E-state index contributed by atoms with van der Waals surface area (Å²) in [5.74, 6) is 1.01. The Morgan fingerprint density at radius 1 is 1.22 bits per heavy atom. The van der Waals surface area contributed by atoms with Gasteiger partial charge in [-0.25, -0.2) is 0 Å². The highest BCUT2D eigenvalue weighted by Crippen LogP contribution is 2.49. The number of Topliss-reactive ketones (excluding diaryl/α,β-unsaturated/α-hetero) is 1. The lowest BCUT2D eigenvalue weighted by Crippen LogP contribution is -2.53. The first-order chi connectivity index (χ1) is 19.7. The maximum Gasteiger partial charge on any atom is 0.270 e. The van der Waals surface area contributed by atoms with E-state index in [0.717, 1.165) is 31.4 Å². The topological polar surface area (TPSA) is 143 Å². The molecule has 1 aromatic heterocycles. The smallest absolute Gasteiger partial charge is 0.270 e. The van der Waals surface area contributed by atoms with E-state index in [2.05, 4.69) is 25.9 Å². The van der Waals surface area contributed by atoms with Crippen LogP contribution in [0.5, 0.6) is 5.75 Å². The van der Waals surface area contributed by atoms with Crippen LogP contribution in [0.4, 0.5) is 11.4 Å². The van der Waals surface area contributed by atoms with Gasteiger partial charge in [0, 0.05) is 45.0 Å². The fourth-order valence-electron chi connectivity index (χ4n) is 6.29. The fourth-order valence-corrected chi connectivity index (χ4v) is 6.29. The summed E-state index contributed by atoms with van der Waals surface area (Å²) in [5, 5.41) is 17.7. The summed E-state index contributed by atoms with van der Waals surface area (Å²) in [6.45, 7) is 5.88. The third-order valence-electron chi connectivity index (χ3n) is 8.84. The molecule has 41 heavy (non-hydrogen) atoms. The van der Waals surface area contributed by atoms with Crippen molar-refractivity contribution in [2.45, 2.75) is 75.9 Å². The molecule has 1 aromatic carbocycles. The molecule has 6 rings (SSSR count). The van der Waals surface area contributed by atoms with Crippen LogP contribution < -0.4 is 19.9 Å². The van der Waals surface area contributed by atoms with Gasteiger partial charge in [0.05, 0.1) is 17.0 Å². The Labute approximate surface area is 239 Å². The SMILES string of the molecule is COCCCN1C(=O)C(C)(C)Oc2ccc(N(C(=O)[C@H]3CNC[C@@H](CC(=O)C4(c5nn[nH]n5)CC4)C3)C3CC3)cc21. The molecule has 2 atom stereocenters. The lowest BCUT2D eigenvalue weighted by atomic mass is 9.83. The maximum absolute atomic E-state index is 14.1. The Morgan fingerprint density at radius 2 is 2.02 bits per heavy atom. The second-order valence-electron chi connectivity index (χ2n) is 12.4. The highest BCUT2D eigenvalue weighted by molar-refractivity contribution is 6.04. The van der Waals surface area contributed by atoms with Crippen molar-refractivity contribution in [2.24, 2.45) is 11.8 Å². The highest BCUT2D eigenvalue weighted by Gasteiger charge is 2.54. The predicted octanol–water partition coefficient (Wildman–Crippen LogP) is 2.15. The summed E-state index contributed by atoms with van der Waals surface area (Å²) in [6, 6.07) is 5.85. The molecule has 2 aromatic rings. The van der Waals surface area contributed by atoms with Crippen molar-refractivity contribution in [2.75, 3.05) is 43.2 Å². The standard InChI is InChI=1S/C29H39N7O5/c1-28(2)27(39)35(11-4-12-40-3)22-15-21(7-8-23(22)41-28)36(20-5-6-20)25(38)19-13-18(16-30-17-19)14-24(37)29(9-10-29)26-31-33-34-32-26/h7-8,15,18-20,30H,4-6,9-14,16-17H2,1-3H3,(H,31,32,33,34)/t18-,19-/m1/s1. The van der Waals surface area contributed by atoms with Crippen molar-refractivity contribution in [3.8, 4) is 5.75 Å². The normalized spacial score (nSPS) is 24.4. The van der Waals surface area contributed by atoms with E-state index in [0.29, 0.717) is 62.8 Å². The molecule has 0 unspecified atom stereocenters. The number of aromatic nitrogens is 4. The zero-order valence-electron chi connectivity index (χ0n) is 24.0. The average Bonchev–Trinajstić information content (AvgIpc) is 3.90. The third kappa shape index (κ3) is 5.34. The van der Waals surface area contributed by atoms with Gasteiger partial charge in [-0.2, -0.15) is 5.21 Å². The van der Waals surface area contributed by atoms with Crippen LogP contribution in [0.2, 0.25) is 0 Å². The molecule has 2 aliphatic carbocycles. The number of tetrazole rings is 1. The number of nitrogens with zero attached hydrogens (tertiary/aromatic N) is 5. The van der Waals surface area contributed by atoms with Crippen LogP contribution in [0.3, 0.4) is 0 Å². The highest BCUT2D eigenvalue weighted by atomic mass is 16.5. The van der Waals surface area contributed by atoms with E-state index >= 15 is 0 Å². The molecule has 2 saturated carbocycles. The lowest BCUT2D eigenvalue weighted by molar-refractivity contribution is -0.132. The number of H-pyrrole nitrogens is 1. The molecular weight excluding hydrogens is 526 g/mol. The zero-order chi connectivity index (χ0) is 28.8. The summed E-state index contributed by atoms with van der Waals surface area (Å²) in [5.41, 5.74) is -0.133. The molecule has 12 heteroatoms. The van der Waals surface area contributed by atoms with Gasteiger partial charge in [-0.3, -0.25) is 14.4 Å². The van der Waals surface area contributed by atoms with E-state index in [1.165, 1.54) is 0 Å². The summed E-state index contributed by atoms with van der Waals surface area (Å²) in [6.07, 6.45) is 5.10. The van der Waals surface area contributed by atoms with E-state index in [-0.39, 0.29) is 35.5 Å². The lowest BCUT2D eigenvalue weighted by Gasteiger charge is -2.40. The minimum atomic E-state index is -0.976. The number of aromatic amines is 1. The van der Waals surface area contributed by atoms with E-state index < -0.39 is 11.0 Å². The van der Waals surface area contributed by atoms with Gasteiger partial charge in [0.25, 0.3) is 5.91 Å². The predicted molar refractivity (Wildman–Crippen MR) is 150 cm³/mol. The average molecular weight is 566 g/mol. The van der Waals surface area contributed by atoms with Gasteiger partial charge >= 0.3 is 0 Å². The van der Waals surface area contributed by atoms with Gasteiger partial charge in [-0.1, -0.05) is 5.21 Å². The summed E-state index contributed by atoms with van der Waals surface area (Å²) < 4.78 is 11.3. The Balaban J connectivity index is 1.19. The third-order valence-corrected chi connectivity index (χ3v) is 8.84. The molecule has 3 fully saturated rings. The minimum absolute atomic E-state index is 0.0590. The molecule has 2 N–H and O–H groups in total. The van der Waals surface area contributed by atoms with Crippen molar-refractivity contribution in [3.63, 3.8) is 0 Å². The molecule has 3 heterocycles. The number of carbonyl (C=O) groups excluding carboxylic acids is 3. The van der Waals surface area contributed by atoms with Gasteiger partial charge < -0.3 is 24.6 Å². The van der Waals surface area contributed by atoms with E-state index in [9.17, 15) is 14.4 Å². The first-order valence-electron chi connectivity index (χ1n) is 14.7. The van der Waals surface area contributed by atoms with Crippen LogP contribution in [0.15, 0.2) is 18.2 Å². The van der Waals surface area contributed by atoms with Gasteiger partial charge in [-0.15, -0.1) is 10.2 Å². The molecular formula is C29H39N7O5. The van der Waals surface area contributed by atoms with Gasteiger partial charge in [0.1, 0.15) is 11.5 Å². The van der Waals surface area contributed by atoms with Crippen molar-refractivity contribution in [1.82, 2.24) is 25.9 Å². The number of hydrogen-bond donors (Lipinski definition) is 2. The number of anilines is 2. The molecule has 2 aliphatic heterocycles.